The molecule has 0 fully saturated rings. The first-order valence-corrected chi connectivity index (χ1v) is 4.73. The van der Waals surface area contributed by atoms with Crippen LogP contribution in [0.4, 0.5) is 5.82 Å². The Morgan fingerprint density at radius 3 is 2.38 bits per heavy atom. The molecule has 1 heterocycles. The largest absolute Gasteiger partial charge is 0.366 e. The lowest BCUT2D eigenvalue weighted by molar-refractivity contribution is 0.557. The first-order valence-electron chi connectivity index (χ1n) is 4.35. The van der Waals surface area contributed by atoms with E-state index in [2.05, 4.69) is 36.3 Å². The van der Waals surface area contributed by atoms with Crippen molar-refractivity contribution < 1.29 is 0 Å². The molecule has 0 amide bonds. The van der Waals surface area contributed by atoms with E-state index in [1.165, 1.54) is 0 Å². The Kier molecular flexibility index (Phi) is 3.48. The molecule has 0 bridgehead atoms. The number of hydrogen-bond donors (Lipinski definition) is 1. The van der Waals surface area contributed by atoms with Crippen molar-refractivity contribution in [3.05, 3.63) is 17.3 Å². The van der Waals surface area contributed by atoms with Crippen LogP contribution >= 0.6 is 11.6 Å². The lowest BCUT2D eigenvalue weighted by Gasteiger charge is -2.17. The van der Waals surface area contributed by atoms with Crippen LogP contribution in [0.5, 0.6) is 0 Å². The van der Waals surface area contributed by atoms with Crippen molar-refractivity contribution in [3.63, 3.8) is 0 Å². The highest BCUT2D eigenvalue weighted by atomic mass is 35.5. The average Bonchev–Trinajstić information content (AvgIpc) is 2.08. The van der Waals surface area contributed by atoms with Gasteiger partial charge >= 0.3 is 0 Å². The third-order valence-electron chi connectivity index (χ3n) is 2.01. The molecule has 1 rings (SSSR count). The Hall–Kier alpha value is -0.830. The second-order valence-corrected chi connectivity index (χ2v) is 3.81. The summed E-state index contributed by atoms with van der Waals surface area (Å²) in [5, 5.41) is 11.3. The SMILES string of the molecule is CC(C)C(C)Nc1ccc(Cl)nn1. The molecule has 1 N–H and O–H groups in total. The van der Waals surface area contributed by atoms with Gasteiger partial charge in [0.2, 0.25) is 0 Å². The van der Waals surface area contributed by atoms with Gasteiger partial charge in [0.1, 0.15) is 5.82 Å². The van der Waals surface area contributed by atoms with Crippen LogP contribution in [-0.2, 0) is 0 Å². The molecule has 1 unspecified atom stereocenters. The Balaban J connectivity index is 2.59. The Bertz CT molecular complexity index is 258. The van der Waals surface area contributed by atoms with E-state index in [4.69, 9.17) is 11.6 Å². The third-order valence-corrected chi connectivity index (χ3v) is 2.21. The van der Waals surface area contributed by atoms with Crippen LogP contribution in [0.1, 0.15) is 20.8 Å². The number of aromatic nitrogens is 2. The molecule has 72 valence electrons. The minimum absolute atomic E-state index is 0.385. The quantitative estimate of drug-likeness (QED) is 0.813. The minimum atomic E-state index is 0.385. The standard InChI is InChI=1S/C9H14ClN3/c1-6(2)7(3)11-9-5-4-8(10)12-13-9/h4-7H,1-3H3,(H,11,13). The number of nitrogens with one attached hydrogen (secondary N) is 1. The van der Waals surface area contributed by atoms with E-state index in [1.54, 1.807) is 6.07 Å². The van der Waals surface area contributed by atoms with Crippen LogP contribution in [0, 0.1) is 5.92 Å². The smallest absolute Gasteiger partial charge is 0.151 e. The summed E-state index contributed by atoms with van der Waals surface area (Å²) < 4.78 is 0. The summed E-state index contributed by atoms with van der Waals surface area (Å²) in [7, 11) is 0. The van der Waals surface area contributed by atoms with Crippen LogP contribution < -0.4 is 5.32 Å². The lowest BCUT2D eigenvalue weighted by atomic mass is 10.1. The summed E-state index contributed by atoms with van der Waals surface area (Å²) in [6, 6.07) is 3.94. The molecule has 1 aromatic rings. The monoisotopic (exact) mass is 199 g/mol. The van der Waals surface area contributed by atoms with Gasteiger partial charge in [-0.2, -0.15) is 0 Å². The summed E-state index contributed by atoms with van der Waals surface area (Å²) in [4.78, 5) is 0. The summed E-state index contributed by atoms with van der Waals surface area (Å²) in [6.07, 6.45) is 0. The fraction of sp³-hybridized carbons (Fsp3) is 0.556. The van der Waals surface area contributed by atoms with E-state index in [0.29, 0.717) is 17.1 Å². The molecule has 0 aliphatic carbocycles. The zero-order valence-electron chi connectivity index (χ0n) is 8.08. The maximum absolute atomic E-state index is 5.61. The molecule has 4 heteroatoms. The maximum atomic E-state index is 5.61. The molecule has 0 saturated heterocycles. The van der Waals surface area contributed by atoms with E-state index in [9.17, 15) is 0 Å². The van der Waals surface area contributed by atoms with Crippen molar-refractivity contribution >= 4 is 17.4 Å². The molecule has 13 heavy (non-hydrogen) atoms. The Morgan fingerprint density at radius 1 is 1.23 bits per heavy atom. The summed E-state index contributed by atoms with van der Waals surface area (Å²) in [6.45, 7) is 6.42. The summed E-state index contributed by atoms with van der Waals surface area (Å²) in [5.41, 5.74) is 0. The van der Waals surface area contributed by atoms with Crippen molar-refractivity contribution in [2.45, 2.75) is 26.8 Å². The zero-order valence-corrected chi connectivity index (χ0v) is 8.84. The van der Waals surface area contributed by atoms with Crippen LogP contribution in [-0.4, -0.2) is 16.2 Å². The first kappa shape index (κ1) is 10.3. The number of nitrogens with zero attached hydrogens (tertiary/aromatic N) is 2. The van der Waals surface area contributed by atoms with Gasteiger partial charge in [-0.1, -0.05) is 25.4 Å². The number of hydrogen-bond acceptors (Lipinski definition) is 3. The van der Waals surface area contributed by atoms with Crippen molar-refractivity contribution in [2.24, 2.45) is 5.92 Å². The van der Waals surface area contributed by atoms with Crippen molar-refractivity contribution in [1.29, 1.82) is 0 Å². The van der Waals surface area contributed by atoms with E-state index < -0.39 is 0 Å². The van der Waals surface area contributed by atoms with E-state index in [0.717, 1.165) is 5.82 Å². The van der Waals surface area contributed by atoms with Gasteiger partial charge < -0.3 is 5.32 Å². The molecule has 0 aromatic carbocycles. The van der Waals surface area contributed by atoms with E-state index in [-0.39, 0.29) is 0 Å². The van der Waals surface area contributed by atoms with E-state index in [1.807, 2.05) is 6.07 Å². The first-order chi connectivity index (χ1) is 6.09. The van der Waals surface area contributed by atoms with Gasteiger partial charge in [0.25, 0.3) is 0 Å². The van der Waals surface area contributed by atoms with Crippen molar-refractivity contribution in [2.75, 3.05) is 5.32 Å². The average molecular weight is 200 g/mol. The summed E-state index contributed by atoms with van der Waals surface area (Å²) >= 11 is 5.61. The summed E-state index contributed by atoms with van der Waals surface area (Å²) in [5.74, 6) is 1.34. The highest BCUT2D eigenvalue weighted by Crippen LogP contribution is 2.10. The molecule has 0 aliphatic rings. The molecule has 3 nitrogen and oxygen atoms in total. The molecule has 0 radical (unpaired) electrons. The van der Waals surface area contributed by atoms with Crippen LogP contribution in [0.2, 0.25) is 5.15 Å². The third kappa shape index (κ3) is 3.19. The molecular weight excluding hydrogens is 186 g/mol. The van der Waals surface area contributed by atoms with Gasteiger partial charge in [0.05, 0.1) is 0 Å². The molecule has 1 aromatic heterocycles. The van der Waals surface area contributed by atoms with Gasteiger partial charge in [0, 0.05) is 6.04 Å². The Morgan fingerprint density at radius 2 is 1.92 bits per heavy atom. The van der Waals surface area contributed by atoms with E-state index >= 15 is 0 Å². The molecule has 0 aliphatic heterocycles. The van der Waals surface area contributed by atoms with Gasteiger partial charge in [-0.25, -0.2) is 0 Å². The zero-order chi connectivity index (χ0) is 9.84. The highest BCUT2D eigenvalue weighted by molar-refractivity contribution is 6.29. The van der Waals surface area contributed by atoms with Gasteiger partial charge in [-0.05, 0) is 25.0 Å². The second kappa shape index (κ2) is 4.42. The molecule has 0 spiro atoms. The van der Waals surface area contributed by atoms with Crippen LogP contribution in [0.15, 0.2) is 12.1 Å². The van der Waals surface area contributed by atoms with Gasteiger partial charge in [-0.3, -0.25) is 0 Å². The lowest BCUT2D eigenvalue weighted by Crippen LogP contribution is -2.22. The Labute approximate surface area is 83.5 Å². The molecular formula is C9H14ClN3. The number of halogens is 1. The van der Waals surface area contributed by atoms with Crippen LogP contribution in [0.25, 0.3) is 0 Å². The van der Waals surface area contributed by atoms with Crippen LogP contribution in [0.3, 0.4) is 0 Å². The topological polar surface area (TPSA) is 37.8 Å². The van der Waals surface area contributed by atoms with Gasteiger partial charge in [0.15, 0.2) is 5.15 Å². The predicted molar refractivity (Wildman–Crippen MR) is 55.0 cm³/mol. The van der Waals surface area contributed by atoms with Crippen molar-refractivity contribution in [3.8, 4) is 0 Å². The normalized spacial score (nSPS) is 13.0. The number of anilines is 1. The molecule has 1 atom stereocenters. The highest BCUT2D eigenvalue weighted by Gasteiger charge is 2.06. The molecule has 0 saturated carbocycles. The van der Waals surface area contributed by atoms with Crippen molar-refractivity contribution in [1.82, 2.24) is 10.2 Å². The van der Waals surface area contributed by atoms with Gasteiger partial charge in [-0.15, -0.1) is 10.2 Å². The fourth-order valence-corrected chi connectivity index (χ4v) is 0.894. The number of rotatable bonds is 3. The maximum Gasteiger partial charge on any atom is 0.151 e. The minimum Gasteiger partial charge on any atom is -0.366 e. The predicted octanol–water partition coefficient (Wildman–Crippen LogP) is 2.59. The second-order valence-electron chi connectivity index (χ2n) is 3.42. The fourth-order valence-electron chi connectivity index (χ4n) is 0.793.